The number of carbonyl (C=O) groups is 2. The van der Waals surface area contributed by atoms with E-state index in [2.05, 4.69) is 5.32 Å². The second-order valence-corrected chi connectivity index (χ2v) is 10.3. The lowest BCUT2D eigenvalue weighted by Crippen LogP contribution is -2.31. The summed E-state index contributed by atoms with van der Waals surface area (Å²) in [4.78, 5) is 24.1. The van der Waals surface area contributed by atoms with E-state index in [0.717, 1.165) is 31.8 Å². The highest BCUT2D eigenvalue weighted by molar-refractivity contribution is 7.89. The van der Waals surface area contributed by atoms with Gasteiger partial charge in [0.2, 0.25) is 10.0 Å². The Bertz CT molecular complexity index is 1130. The highest BCUT2D eigenvalue weighted by atomic mass is 35.5. The van der Waals surface area contributed by atoms with E-state index in [-0.39, 0.29) is 4.90 Å². The number of nitrogens with zero attached hydrogens (tertiary/aromatic N) is 1. The molecule has 7 nitrogen and oxygen atoms in total. The summed E-state index contributed by atoms with van der Waals surface area (Å²) in [6.45, 7) is 0.568. The molecular weight excluding hydrogens is 487 g/mol. The maximum atomic E-state index is 12.8. The molecule has 0 radical (unpaired) electrons. The van der Waals surface area contributed by atoms with Gasteiger partial charge in [-0.05, 0) is 54.8 Å². The van der Waals surface area contributed by atoms with Crippen molar-refractivity contribution in [3.8, 4) is 0 Å². The number of sulfonamides is 1. The van der Waals surface area contributed by atoms with Crippen LogP contribution >= 0.6 is 23.2 Å². The van der Waals surface area contributed by atoms with Gasteiger partial charge in [0.05, 0.1) is 15.6 Å². The molecule has 2 aromatic carbocycles. The van der Waals surface area contributed by atoms with Gasteiger partial charge in [-0.1, -0.05) is 48.2 Å². The van der Waals surface area contributed by atoms with Gasteiger partial charge in [-0.25, -0.2) is 13.2 Å². The van der Waals surface area contributed by atoms with Crippen LogP contribution < -0.4 is 5.32 Å². The van der Waals surface area contributed by atoms with E-state index in [0.29, 0.717) is 34.4 Å². The molecule has 33 heavy (non-hydrogen) atoms. The molecular formula is C23H24Cl2N2O5S. The van der Waals surface area contributed by atoms with Gasteiger partial charge >= 0.3 is 5.97 Å². The monoisotopic (exact) mass is 510 g/mol. The Hall–Kier alpha value is -2.39. The summed E-state index contributed by atoms with van der Waals surface area (Å²) in [6.07, 6.45) is 6.47. The van der Waals surface area contributed by atoms with Crippen LogP contribution in [-0.2, 0) is 24.3 Å². The first-order valence-corrected chi connectivity index (χ1v) is 12.7. The summed E-state index contributed by atoms with van der Waals surface area (Å²) in [6, 6.07) is 10.9. The first-order chi connectivity index (χ1) is 15.8. The average molecular weight is 511 g/mol. The second kappa shape index (κ2) is 11.7. The molecule has 0 atom stereocenters. The first-order valence-electron chi connectivity index (χ1n) is 10.5. The number of amides is 1. The van der Waals surface area contributed by atoms with E-state index in [9.17, 15) is 18.0 Å². The minimum Gasteiger partial charge on any atom is -0.452 e. The lowest BCUT2D eigenvalue weighted by molar-refractivity contribution is -0.142. The van der Waals surface area contributed by atoms with Crippen LogP contribution in [0.25, 0.3) is 6.08 Å². The van der Waals surface area contributed by atoms with E-state index < -0.39 is 28.5 Å². The number of rotatable bonds is 7. The molecule has 1 amide bonds. The Balaban J connectivity index is 1.52. The van der Waals surface area contributed by atoms with Crippen LogP contribution in [0.15, 0.2) is 53.4 Å². The summed E-state index contributed by atoms with van der Waals surface area (Å²) in [5, 5.41) is 3.22. The molecule has 1 fully saturated rings. The topological polar surface area (TPSA) is 92.8 Å². The van der Waals surface area contributed by atoms with Crippen LogP contribution in [0.4, 0.5) is 5.69 Å². The summed E-state index contributed by atoms with van der Waals surface area (Å²) >= 11 is 11.8. The molecule has 1 aliphatic rings. The maximum absolute atomic E-state index is 12.8. The van der Waals surface area contributed by atoms with E-state index >= 15 is 0 Å². The van der Waals surface area contributed by atoms with Gasteiger partial charge in [-0.3, -0.25) is 4.79 Å². The average Bonchev–Trinajstić information content (AvgIpc) is 3.09. The van der Waals surface area contributed by atoms with Crippen LogP contribution in [0.1, 0.15) is 31.2 Å². The molecule has 0 aromatic heterocycles. The number of hydrogen-bond donors (Lipinski definition) is 1. The Kier molecular flexibility index (Phi) is 8.91. The molecule has 0 saturated carbocycles. The maximum Gasteiger partial charge on any atom is 0.331 e. The zero-order valence-corrected chi connectivity index (χ0v) is 20.1. The number of esters is 1. The Labute approximate surface area is 203 Å². The van der Waals surface area contributed by atoms with Crippen molar-refractivity contribution >= 4 is 56.9 Å². The number of benzene rings is 2. The molecule has 0 spiro atoms. The highest BCUT2D eigenvalue weighted by Gasteiger charge is 2.24. The van der Waals surface area contributed by atoms with Crippen molar-refractivity contribution in [2.75, 3.05) is 25.0 Å². The third-order valence-corrected chi connectivity index (χ3v) is 7.52. The molecule has 0 aliphatic carbocycles. The van der Waals surface area contributed by atoms with Crippen molar-refractivity contribution in [3.63, 3.8) is 0 Å². The van der Waals surface area contributed by atoms with E-state index in [1.165, 1.54) is 28.6 Å². The van der Waals surface area contributed by atoms with Gasteiger partial charge in [-0.2, -0.15) is 4.31 Å². The van der Waals surface area contributed by atoms with Gasteiger partial charge in [0.1, 0.15) is 0 Å². The molecule has 0 unspecified atom stereocenters. The molecule has 1 heterocycles. The third-order valence-electron chi connectivity index (χ3n) is 5.04. The highest BCUT2D eigenvalue weighted by Crippen LogP contribution is 2.25. The van der Waals surface area contributed by atoms with E-state index in [1.807, 2.05) is 0 Å². The summed E-state index contributed by atoms with van der Waals surface area (Å²) < 4.78 is 32.1. The van der Waals surface area contributed by atoms with Gasteiger partial charge in [0.25, 0.3) is 5.91 Å². The van der Waals surface area contributed by atoms with Crippen LogP contribution in [0.2, 0.25) is 10.0 Å². The van der Waals surface area contributed by atoms with Crippen LogP contribution in [0.3, 0.4) is 0 Å². The summed E-state index contributed by atoms with van der Waals surface area (Å²) in [5.41, 5.74) is 0.938. The third kappa shape index (κ3) is 7.30. The fourth-order valence-electron chi connectivity index (χ4n) is 3.31. The standard InChI is InChI=1S/C23H24Cl2N2O5S/c24-18-8-11-20(25)21(15-18)26-22(28)16-32-23(29)12-7-17-5-9-19(10-6-17)33(30,31)27-13-3-1-2-4-14-27/h5-12,15H,1-4,13-14,16H2,(H,26,28). The fraction of sp³-hybridized carbons (Fsp3) is 0.304. The van der Waals surface area contributed by atoms with Gasteiger partial charge < -0.3 is 10.1 Å². The van der Waals surface area contributed by atoms with Gasteiger partial charge in [0, 0.05) is 24.2 Å². The Morgan fingerprint density at radius 1 is 1.00 bits per heavy atom. The lowest BCUT2D eigenvalue weighted by atomic mass is 10.2. The molecule has 10 heteroatoms. The predicted molar refractivity (Wildman–Crippen MR) is 129 cm³/mol. The van der Waals surface area contributed by atoms with Crippen molar-refractivity contribution in [2.24, 2.45) is 0 Å². The Morgan fingerprint density at radius 3 is 2.33 bits per heavy atom. The number of nitrogens with one attached hydrogen (secondary N) is 1. The molecule has 176 valence electrons. The quantitative estimate of drug-likeness (QED) is 0.428. The zero-order chi connectivity index (χ0) is 23.8. The van der Waals surface area contributed by atoms with Crippen LogP contribution in [-0.4, -0.2) is 44.3 Å². The van der Waals surface area contributed by atoms with Gasteiger partial charge in [-0.15, -0.1) is 0 Å². The number of ether oxygens (including phenoxy) is 1. The second-order valence-electron chi connectivity index (χ2n) is 7.50. The lowest BCUT2D eigenvalue weighted by Gasteiger charge is -2.19. The SMILES string of the molecule is O=C(COC(=O)C=Cc1ccc(S(=O)(=O)N2CCCCCC2)cc1)Nc1cc(Cl)ccc1Cl. The minimum atomic E-state index is -3.53. The van der Waals surface area contributed by atoms with Crippen LogP contribution in [0.5, 0.6) is 0 Å². The van der Waals surface area contributed by atoms with Crippen molar-refractivity contribution < 1.29 is 22.7 Å². The molecule has 3 rings (SSSR count). The number of anilines is 1. The van der Waals surface area contributed by atoms with Crippen molar-refractivity contribution in [2.45, 2.75) is 30.6 Å². The first kappa shape index (κ1) is 25.2. The zero-order valence-electron chi connectivity index (χ0n) is 17.8. The minimum absolute atomic E-state index is 0.223. The summed E-state index contributed by atoms with van der Waals surface area (Å²) in [5.74, 6) is -1.28. The molecule has 1 aliphatic heterocycles. The van der Waals surface area contributed by atoms with Crippen LogP contribution in [0, 0.1) is 0 Å². The van der Waals surface area contributed by atoms with Crippen molar-refractivity contribution in [3.05, 3.63) is 64.1 Å². The van der Waals surface area contributed by atoms with Crippen molar-refractivity contribution in [1.29, 1.82) is 0 Å². The number of hydrogen-bond acceptors (Lipinski definition) is 5. The molecule has 0 bridgehead atoms. The Morgan fingerprint density at radius 2 is 1.67 bits per heavy atom. The van der Waals surface area contributed by atoms with E-state index in [4.69, 9.17) is 27.9 Å². The van der Waals surface area contributed by atoms with Crippen molar-refractivity contribution in [1.82, 2.24) is 4.31 Å². The fourth-order valence-corrected chi connectivity index (χ4v) is 5.16. The number of halogens is 2. The predicted octanol–water partition coefficient (Wildman–Crippen LogP) is 4.75. The molecule has 2 aromatic rings. The largest absolute Gasteiger partial charge is 0.452 e. The van der Waals surface area contributed by atoms with Gasteiger partial charge in [0.15, 0.2) is 6.61 Å². The normalized spacial score (nSPS) is 15.2. The molecule has 1 saturated heterocycles. The summed E-state index contributed by atoms with van der Waals surface area (Å²) in [7, 11) is -3.53. The molecule has 1 N–H and O–H groups in total. The van der Waals surface area contributed by atoms with E-state index in [1.54, 1.807) is 24.3 Å². The smallest absolute Gasteiger partial charge is 0.331 e. The number of carbonyl (C=O) groups excluding carboxylic acids is 2.